The van der Waals surface area contributed by atoms with Gasteiger partial charge in [-0.1, -0.05) is 30.3 Å². The second kappa shape index (κ2) is 5.26. The molecule has 0 spiro atoms. The van der Waals surface area contributed by atoms with Crippen molar-refractivity contribution in [1.82, 2.24) is 0 Å². The zero-order valence-electron chi connectivity index (χ0n) is 8.82. The van der Waals surface area contributed by atoms with Crippen molar-refractivity contribution in [3.05, 3.63) is 30.3 Å². The number of ether oxygens (including phenoxy) is 1. The summed E-state index contributed by atoms with van der Waals surface area (Å²) in [6.07, 6.45) is 0.504. The maximum absolute atomic E-state index is 5.51. The highest BCUT2D eigenvalue weighted by Crippen LogP contribution is 2.06. The molecule has 0 aliphatic carbocycles. The quantitative estimate of drug-likeness (QED) is 0.676. The van der Waals surface area contributed by atoms with Crippen molar-refractivity contribution in [3.8, 4) is 0 Å². The Balaban J connectivity index is 2.98. The predicted octanol–water partition coefficient (Wildman–Crippen LogP) is 0.814. The Morgan fingerprint density at radius 1 is 1.00 bits per heavy atom. The number of methoxy groups -OCH3 is 1. The Morgan fingerprint density at radius 2 is 1.57 bits per heavy atom. The van der Waals surface area contributed by atoms with Gasteiger partial charge in [0.1, 0.15) is 0 Å². The zero-order chi connectivity index (χ0) is 10.4. The van der Waals surface area contributed by atoms with Crippen LogP contribution in [0.3, 0.4) is 0 Å². The molecule has 0 saturated carbocycles. The Kier molecular flexibility index (Phi) is 4.28. The summed E-state index contributed by atoms with van der Waals surface area (Å²) >= 11 is 0. The van der Waals surface area contributed by atoms with Gasteiger partial charge in [0, 0.05) is 21.3 Å². The number of hydrogen-bond acceptors (Lipinski definition) is 3. The Hall–Kier alpha value is -0.683. The van der Waals surface area contributed by atoms with E-state index in [4.69, 9.17) is 13.6 Å². The number of benzene rings is 1. The van der Waals surface area contributed by atoms with Crippen molar-refractivity contribution >= 4 is 13.7 Å². The van der Waals surface area contributed by atoms with Crippen LogP contribution in [0.25, 0.3) is 0 Å². The van der Waals surface area contributed by atoms with E-state index in [1.807, 2.05) is 30.3 Å². The molecule has 0 radical (unpaired) electrons. The molecule has 0 atom stereocenters. The van der Waals surface area contributed by atoms with E-state index in [2.05, 4.69) is 0 Å². The van der Waals surface area contributed by atoms with Crippen LogP contribution < -0.4 is 5.19 Å². The molecule has 14 heavy (non-hydrogen) atoms. The average Bonchev–Trinajstić information content (AvgIpc) is 2.27. The molecule has 3 nitrogen and oxygen atoms in total. The minimum atomic E-state index is -2.34. The van der Waals surface area contributed by atoms with Gasteiger partial charge in [0.15, 0.2) is 0 Å². The first-order chi connectivity index (χ1) is 6.79. The third kappa shape index (κ3) is 2.22. The third-order valence-electron chi connectivity index (χ3n) is 2.21. The van der Waals surface area contributed by atoms with Crippen molar-refractivity contribution in [2.45, 2.75) is 0 Å². The molecule has 0 heterocycles. The van der Waals surface area contributed by atoms with E-state index < -0.39 is 8.56 Å². The van der Waals surface area contributed by atoms with Gasteiger partial charge >= 0.3 is 8.56 Å². The zero-order valence-corrected chi connectivity index (χ0v) is 9.82. The third-order valence-corrected chi connectivity index (χ3v) is 5.41. The lowest BCUT2D eigenvalue weighted by Crippen LogP contribution is -2.56. The summed E-state index contributed by atoms with van der Waals surface area (Å²) in [5.41, 5.74) is 0. The van der Waals surface area contributed by atoms with E-state index in [1.165, 1.54) is 0 Å². The molecule has 4 heteroatoms. The molecule has 0 unspecified atom stereocenters. The highest BCUT2D eigenvalue weighted by molar-refractivity contribution is 6.81. The molecule has 0 aromatic heterocycles. The van der Waals surface area contributed by atoms with E-state index in [1.54, 1.807) is 21.3 Å². The molecule has 0 saturated heterocycles. The van der Waals surface area contributed by atoms with Gasteiger partial charge in [-0.2, -0.15) is 0 Å². The maximum Gasteiger partial charge on any atom is 0.398 e. The molecule has 78 valence electrons. The number of hydrogen-bond donors (Lipinski definition) is 0. The van der Waals surface area contributed by atoms with Crippen LogP contribution in [0.5, 0.6) is 0 Å². The van der Waals surface area contributed by atoms with Crippen LogP contribution in [0.1, 0.15) is 0 Å². The van der Waals surface area contributed by atoms with Crippen LogP contribution >= 0.6 is 0 Å². The summed E-state index contributed by atoms with van der Waals surface area (Å²) in [6, 6.07) is 9.95. The first kappa shape index (κ1) is 11.4. The first-order valence-electron chi connectivity index (χ1n) is 4.44. The highest BCUT2D eigenvalue weighted by Gasteiger charge is 2.38. The minimum absolute atomic E-state index is 0.504. The van der Waals surface area contributed by atoms with Gasteiger partial charge in [-0.3, -0.25) is 0 Å². The van der Waals surface area contributed by atoms with Crippen molar-refractivity contribution in [3.63, 3.8) is 0 Å². The lowest BCUT2D eigenvalue weighted by Gasteiger charge is -2.26. The maximum atomic E-state index is 5.51. The van der Waals surface area contributed by atoms with Crippen LogP contribution in [0.15, 0.2) is 30.3 Å². The summed E-state index contributed by atoms with van der Waals surface area (Å²) < 4.78 is 16.2. The van der Waals surface area contributed by atoms with Crippen molar-refractivity contribution in [2.24, 2.45) is 0 Å². The van der Waals surface area contributed by atoms with Gasteiger partial charge in [-0.25, -0.2) is 0 Å². The molecular weight excluding hydrogens is 196 g/mol. The fraction of sp³-hybridized carbons (Fsp3) is 0.400. The smallest absolute Gasteiger partial charge is 0.393 e. The van der Waals surface area contributed by atoms with Gasteiger partial charge in [0.05, 0.1) is 6.23 Å². The van der Waals surface area contributed by atoms with Crippen LogP contribution in [-0.4, -0.2) is 36.1 Å². The lowest BCUT2D eigenvalue weighted by molar-refractivity contribution is 0.173. The monoisotopic (exact) mass is 212 g/mol. The van der Waals surface area contributed by atoms with Crippen LogP contribution in [-0.2, 0) is 13.6 Å². The molecule has 0 N–H and O–H groups in total. The van der Waals surface area contributed by atoms with Crippen molar-refractivity contribution in [2.75, 3.05) is 27.6 Å². The normalized spacial score (nSPS) is 11.6. The summed E-state index contributed by atoms with van der Waals surface area (Å²) in [4.78, 5) is 0. The Labute approximate surface area is 85.9 Å². The molecule has 1 aromatic carbocycles. The van der Waals surface area contributed by atoms with E-state index >= 15 is 0 Å². The van der Waals surface area contributed by atoms with Gasteiger partial charge in [0.25, 0.3) is 0 Å². The van der Waals surface area contributed by atoms with E-state index in [0.717, 1.165) is 5.19 Å². The van der Waals surface area contributed by atoms with Crippen molar-refractivity contribution in [1.29, 1.82) is 0 Å². The van der Waals surface area contributed by atoms with Crippen molar-refractivity contribution < 1.29 is 13.6 Å². The van der Waals surface area contributed by atoms with E-state index in [9.17, 15) is 0 Å². The molecule has 1 rings (SSSR count). The fourth-order valence-corrected chi connectivity index (χ4v) is 3.52. The van der Waals surface area contributed by atoms with Crippen LogP contribution in [0.2, 0.25) is 0 Å². The van der Waals surface area contributed by atoms with Gasteiger partial charge in [-0.15, -0.1) is 0 Å². The lowest BCUT2D eigenvalue weighted by atomic mass is 10.4. The van der Waals surface area contributed by atoms with Crippen LogP contribution in [0, 0.1) is 0 Å². The molecule has 0 bridgehead atoms. The SMILES string of the molecule is COC[Si](OC)(OC)c1ccccc1. The second-order valence-corrected chi connectivity index (χ2v) is 6.15. The first-order valence-corrected chi connectivity index (χ1v) is 6.46. The summed E-state index contributed by atoms with van der Waals surface area (Å²) in [5, 5.41) is 1.09. The summed E-state index contributed by atoms with van der Waals surface area (Å²) in [6.45, 7) is 0. The Morgan fingerprint density at radius 3 is 2.00 bits per heavy atom. The van der Waals surface area contributed by atoms with Crippen LogP contribution in [0.4, 0.5) is 0 Å². The standard InChI is InChI=1S/C10H16O3Si/c1-11-9-14(12-2,13-3)10-7-5-4-6-8-10/h4-8H,9H2,1-3H3. The van der Waals surface area contributed by atoms with E-state index in [0.29, 0.717) is 6.23 Å². The molecule has 0 amide bonds. The van der Waals surface area contributed by atoms with Gasteiger partial charge in [-0.05, 0) is 5.19 Å². The molecular formula is C10H16O3Si. The largest absolute Gasteiger partial charge is 0.398 e. The number of rotatable bonds is 5. The molecule has 1 aromatic rings. The molecule has 0 fully saturated rings. The Bertz CT molecular complexity index is 259. The topological polar surface area (TPSA) is 27.7 Å². The minimum Gasteiger partial charge on any atom is -0.393 e. The molecule has 0 aliphatic rings. The van der Waals surface area contributed by atoms with Gasteiger partial charge < -0.3 is 13.6 Å². The molecule has 0 aliphatic heterocycles. The summed E-state index contributed by atoms with van der Waals surface area (Å²) in [7, 11) is 2.65. The predicted molar refractivity (Wildman–Crippen MR) is 57.7 cm³/mol. The highest BCUT2D eigenvalue weighted by atomic mass is 28.4. The fourth-order valence-electron chi connectivity index (χ4n) is 1.40. The van der Waals surface area contributed by atoms with E-state index in [-0.39, 0.29) is 0 Å². The van der Waals surface area contributed by atoms with Gasteiger partial charge in [0.2, 0.25) is 0 Å². The second-order valence-electron chi connectivity index (χ2n) is 2.96. The summed E-state index contributed by atoms with van der Waals surface area (Å²) in [5.74, 6) is 0. The average molecular weight is 212 g/mol.